The fraction of sp³-hybridized carbons (Fsp3) is 0.500. The van der Waals surface area contributed by atoms with Gasteiger partial charge in [0, 0.05) is 18.1 Å². The third-order valence-electron chi connectivity index (χ3n) is 2.39. The number of hydrogen-bond acceptors (Lipinski definition) is 3. The van der Waals surface area contributed by atoms with Gasteiger partial charge in [0.25, 0.3) is 5.91 Å². The Morgan fingerprint density at radius 3 is 2.82 bits per heavy atom. The second kappa shape index (κ2) is 8.06. The van der Waals surface area contributed by atoms with Gasteiger partial charge in [-0.3, -0.25) is 9.78 Å². The number of amides is 1. The predicted molar refractivity (Wildman–Crippen MR) is 70.5 cm³/mol. The first-order valence-electron chi connectivity index (χ1n) is 5.73. The van der Waals surface area contributed by atoms with Crippen molar-refractivity contribution in [3.8, 4) is 5.75 Å². The van der Waals surface area contributed by atoms with E-state index in [1.165, 1.54) is 31.3 Å². The van der Waals surface area contributed by atoms with E-state index < -0.39 is 0 Å². The molecule has 5 heteroatoms. The normalized spacial score (nSPS) is 10.2. The molecule has 0 bridgehead atoms. The quantitative estimate of drug-likeness (QED) is 0.601. The Balaban J connectivity index is 2.24. The zero-order valence-electron chi connectivity index (χ0n) is 9.66. The van der Waals surface area contributed by atoms with E-state index in [4.69, 9.17) is 0 Å². The van der Waals surface area contributed by atoms with Gasteiger partial charge in [-0.05, 0) is 18.9 Å². The molecular formula is C12H17BrN2O2. The summed E-state index contributed by atoms with van der Waals surface area (Å²) in [5.41, 5.74) is 0.278. The highest BCUT2D eigenvalue weighted by Gasteiger charge is 2.09. The van der Waals surface area contributed by atoms with Gasteiger partial charge >= 0.3 is 0 Å². The maximum Gasteiger partial charge on any atom is 0.255 e. The van der Waals surface area contributed by atoms with Crippen molar-refractivity contribution in [3.63, 3.8) is 0 Å². The number of aromatic nitrogens is 1. The molecule has 0 aliphatic heterocycles. The third kappa shape index (κ3) is 5.17. The minimum atomic E-state index is -0.245. The minimum Gasteiger partial charge on any atom is -0.505 e. The van der Waals surface area contributed by atoms with Crippen LogP contribution in [0.2, 0.25) is 0 Å². The monoisotopic (exact) mass is 300 g/mol. The maximum absolute atomic E-state index is 11.6. The average molecular weight is 301 g/mol. The zero-order chi connectivity index (χ0) is 12.5. The molecule has 0 saturated heterocycles. The molecule has 0 aliphatic carbocycles. The lowest BCUT2D eigenvalue weighted by molar-refractivity contribution is 0.0950. The van der Waals surface area contributed by atoms with Gasteiger partial charge in [0.05, 0.1) is 11.8 Å². The molecule has 2 N–H and O–H groups in total. The number of rotatable bonds is 7. The summed E-state index contributed by atoms with van der Waals surface area (Å²) in [5.74, 6) is -0.324. The SMILES string of the molecule is O=C(NCCCCCCBr)c1ccncc1O. The summed E-state index contributed by atoms with van der Waals surface area (Å²) in [7, 11) is 0. The van der Waals surface area contributed by atoms with E-state index in [0.29, 0.717) is 6.54 Å². The Labute approximate surface area is 110 Å². The van der Waals surface area contributed by atoms with Crippen molar-refractivity contribution in [3.05, 3.63) is 24.0 Å². The van der Waals surface area contributed by atoms with Crippen LogP contribution in [0, 0.1) is 0 Å². The average Bonchev–Trinajstić information content (AvgIpc) is 2.34. The second-order valence-corrected chi connectivity index (χ2v) is 4.54. The van der Waals surface area contributed by atoms with Crippen molar-refractivity contribution < 1.29 is 9.90 Å². The Hall–Kier alpha value is -1.10. The highest BCUT2D eigenvalue weighted by atomic mass is 79.9. The number of nitrogens with zero attached hydrogens (tertiary/aromatic N) is 1. The van der Waals surface area contributed by atoms with Crippen LogP contribution in [0.25, 0.3) is 0 Å². The smallest absolute Gasteiger partial charge is 0.255 e. The highest BCUT2D eigenvalue weighted by Crippen LogP contribution is 2.13. The second-order valence-electron chi connectivity index (χ2n) is 3.75. The van der Waals surface area contributed by atoms with Crippen LogP contribution in [0.1, 0.15) is 36.0 Å². The molecule has 0 saturated carbocycles. The van der Waals surface area contributed by atoms with Crippen LogP contribution in [0.15, 0.2) is 18.5 Å². The number of alkyl halides is 1. The molecule has 0 spiro atoms. The molecule has 1 heterocycles. The molecule has 0 fully saturated rings. The highest BCUT2D eigenvalue weighted by molar-refractivity contribution is 9.09. The number of hydrogen-bond donors (Lipinski definition) is 2. The Morgan fingerprint density at radius 2 is 2.12 bits per heavy atom. The minimum absolute atomic E-state index is 0.0794. The van der Waals surface area contributed by atoms with Crippen LogP contribution in [-0.4, -0.2) is 27.9 Å². The molecule has 0 atom stereocenters. The van der Waals surface area contributed by atoms with E-state index in [1.807, 2.05) is 0 Å². The van der Waals surface area contributed by atoms with Gasteiger partial charge in [0.1, 0.15) is 5.75 Å². The topological polar surface area (TPSA) is 62.2 Å². The van der Waals surface area contributed by atoms with Gasteiger partial charge in [-0.15, -0.1) is 0 Å². The predicted octanol–water partition coefficient (Wildman–Crippen LogP) is 2.47. The van der Waals surface area contributed by atoms with Gasteiger partial charge in [0.15, 0.2) is 0 Å². The van der Waals surface area contributed by atoms with Crippen LogP contribution >= 0.6 is 15.9 Å². The van der Waals surface area contributed by atoms with Crippen molar-refractivity contribution in [2.24, 2.45) is 0 Å². The van der Waals surface area contributed by atoms with E-state index in [2.05, 4.69) is 26.2 Å². The Kier molecular flexibility index (Phi) is 6.62. The van der Waals surface area contributed by atoms with Crippen molar-refractivity contribution >= 4 is 21.8 Å². The van der Waals surface area contributed by atoms with Crippen LogP contribution in [0.4, 0.5) is 0 Å². The number of aromatic hydroxyl groups is 1. The fourth-order valence-electron chi connectivity index (χ4n) is 1.45. The fourth-order valence-corrected chi connectivity index (χ4v) is 1.84. The van der Waals surface area contributed by atoms with Crippen molar-refractivity contribution in [2.75, 3.05) is 11.9 Å². The Morgan fingerprint density at radius 1 is 1.35 bits per heavy atom. The molecule has 0 unspecified atom stereocenters. The molecule has 0 aromatic carbocycles. The number of carbonyl (C=O) groups is 1. The third-order valence-corrected chi connectivity index (χ3v) is 2.95. The summed E-state index contributed by atoms with van der Waals surface area (Å²) in [6.07, 6.45) is 7.16. The largest absolute Gasteiger partial charge is 0.505 e. The van der Waals surface area contributed by atoms with Crippen molar-refractivity contribution in [2.45, 2.75) is 25.7 Å². The summed E-state index contributed by atoms with van der Waals surface area (Å²) in [4.78, 5) is 15.4. The van der Waals surface area contributed by atoms with Crippen molar-refractivity contribution in [1.82, 2.24) is 10.3 Å². The van der Waals surface area contributed by atoms with Gasteiger partial charge < -0.3 is 10.4 Å². The lowest BCUT2D eigenvalue weighted by Crippen LogP contribution is -2.24. The van der Waals surface area contributed by atoms with Crippen LogP contribution < -0.4 is 5.32 Å². The number of pyridine rings is 1. The summed E-state index contributed by atoms with van der Waals surface area (Å²) >= 11 is 3.38. The molecule has 17 heavy (non-hydrogen) atoms. The Bertz CT molecular complexity index is 358. The van der Waals surface area contributed by atoms with Gasteiger partial charge in [0.2, 0.25) is 0 Å². The number of carbonyl (C=O) groups excluding carboxylic acids is 1. The van der Waals surface area contributed by atoms with Crippen LogP contribution in [-0.2, 0) is 0 Å². The first kappa shape index (κ1) is 14.0. The van der Waals surface area contributed by atoms with Crippen LogP contribution in [0.3, 0.4) is 0 Å². The van der Waals surface area contributed by atoms with E-state index in [9.17, 15) is 9.90 Å². The first-order valence-corrected chi connectivity index (χ1v) is 6.85. The molecule has 0 aliphatic rings. The molecular weight excluding hydrogens is 284 g/mol. The molecule has 0 radical (unpaired) electrons. The lowest BCUT2D eigenvalue weighted by atomic mass is 10.2. The lowest BCUT2D eigenvalue weighted by Gasteiger charge is -2.06. The maximum atomic E-state index is 11.6. The van der Waals surface area contributed by atoms with E-state index in [1.54, 1.807) is 0 Å². The number of halogens is 1. The molecule has 1 amide bonds. The zero-order valence-corrected chi connectivity index (χ0v) is 11.2. The molecule has 1 rings (SSSR count). The summed E-state index contributed by atoms with van der Waals surface area (Å²) in [6, 6.07) is 1.51. The first-order chi connectivity index (χ1) is 8.25. The van der Waals surface area contributed by atoms with E-state index >= 15 is 0 Å². The van der Waals surface area contributed by atoms with E-state index in [0.717, 1.165) is 18.2 Å². The molecule has 4 nitrogen and oxygen atoms in total. The standard InChI is InChI=1S/C12H17BrN2O2/c13-6-3-1-2-4-7-15-12(17)10-5-8-14-9-11(10)16/h5,8-9,16H,1-4,6-7H2,(H,15,17). The number of unbranched alkanes of at least 4 members (excludes halogenated alkanes) is 3. The summed E-state index contributed by atoms with van der Waals surface area (Å²) in [5, 5.41) is 13.2. The van der Waals surface area contributed by atoms with Crippen LogP contribution in [0.5, 0.6) is 5.75 Å². The summed E-state index contributed by atoms with van der Waals surface area (Å²) < 4.78 is 0. The van der Waals surface area contributed by atoms with Gasteiger partial charge in [-0.25, -0.2) is 0 Å². The van der Waals surface area contributed by atoms with Gasteiger partial charge in [-0.1, -0.05) is 28.8 Å². The molecule has 1 aromatic heterocycles. The molecule has 1 aromatic rings. The number of nitrogens with one attached hydrogen (secondary N) is 1. The van der Waals surface area contributed by atoms with Crippen molar-refractivity contribution in [1.29, 1.82) is 0 Å². The molecule has 94 valence electrons. The summed E-state index contributed by atoms with van der Waals surface area (Å²) in [6.45, 7) is 0.642. The van der Waals surface area contributed by atoms with Gasteiger partial charge in [-0.2, -0.15) is 0 Å². The van der Waals surface area contributed by atoms with E-state index in [-0.39, 0.29) is 17.2 Å².